The first-order chi connectivity index (χ1) is 11.1. The third-order valence-electron chi connectivity index (χ3n) is 4.35. The van der Waals surface area contributed by atoms with E-state index in [4.69, 9.17) is 22.3 Å². The number of aryl methyl sites for hydroxylation is 1. The highest BCUT2D eigenvalue weighted by atomic mass is 35.5. The van der Waals surface area contributed by atoms with Crippen molar-refractivity contribution in [2.75, 3.05) is 18.8 Å². The van der Waals surface area contributed by atoms with Crippen molar-refractivity contribution in [3.63, 3.8) is 0 Å². The van der Waals surface area contributed by atoms with Gasteiger partial charge in [-0.25, -0.2) is 4.98 Å². The van der Waals surface area contributed by atoms with Gasteiger partial charge in [-0.2, -0.15) is 14.7 Å². The first-order valence-electron chi connectivity index (χ1n) is 7.67. The number of hydrogen-bond donors (Lipinski definition) is 2. The van der Waals surface area contributed by atoms with Crippen LogP contribution >= 0.6 is 11.6 Å². The average molecular weight is 332 g/mol. The van der Waals surface area contributed by atoms with Gasteiger partial charge in [0.15, 0.2) is 5.65 Å². The van der Waals surface area contributed by atoms with Gasteiger partial charge in [0.2, 0.25) is 0 Å². The van der Waals surface area contributed by atoms with Crippen molar-refractivity contribution < 1.29 is 0 Å². The van der Waals surface area contributed by atoms with Crippen LogP contribution in [0.1, 0.15) is 24.5 Å². The Morgan fingerprint density at radius 3 is 2.91 bits per heavy atom. The van der Waals surface area contributed by atoms with Gasteiger partial charge in [0.25, 0.3) is 0 Å². The Morgan fingerprint density at radius 1 is 1.35 bits per heavy atom. The van der Waals surface area contributed by atoms with Crippen LogP contribution in [0.2, 0.25) is 5.02 Å². The first-order valence-corrected chi connectivity index (χ1v) is 8.05. The van der Waals surface area contributed by atoms with Gasteiger partial charge in [0.1, 0.15) is 10.8 Å². The number of rotatable bonds is 2. The molecule has 3 aromatic heterocycles. The molecular weight excluding hydrogens is 314 g/mol. The predicted molar refractivity (Wildman–Crippen MR) is 89.5 cm³/mol. The summed E-state index contributed by atoms with van der Waals surface area (Å²) in [6.07, 6.45) is 7.67. The van der Waals surface area contributed by atoms with Crippen LogP contribution in [0.4, 0.5) is 5.82 Å². The van der Waals surface area contributed by atoms with Crippen molar-refractivity contribution in [2.24, 2.45) is 7.05 Å². The highest BCUT2D eigenvalue weighted by Gasteiger charge is 2.24. The quantitative estimate of drug-likeness (QED) is 0.748. The minimum atomic E-state index is 0.278. The van der Waals surface area contributed by atoms with Crippen molar-refractivity contribution in [1.29, 1.82) is 0 Å². The second-order valence-corrected chi connectivity index (χ2v) is 6.31. The highest BCUT2D eigenvalue weighted by molar-refractivity contribution is 6.33. The molecule has 23 heavy (non-hydrogen) atoms. The maximum Gasteiger partial charge on any atom is 0.165 e. The summed E-state index contributed by atoms with van der Waals surface area (Å²) in [7, 11) is 1.88. The topological polar surface area (TPSA) is 86.1 Å². The molecule has 120 valence electrons. The Hall–Kier alpha value is -2.12. The van der Waals surface area contributed by atoms with Gasteiger partial charge in [-0.15, -0.1) is 0 Å². The molecule has 7 nitrogen and oxygen atoms in total. The molecule has 0 saturated carbocycles. The fourth-order valence-electron chi connectivity index (χ4n) is 3.13. The van der Waals surface area contributed by atoms with Gasteiger partial charge in [-0.3, -0.25) is 4.68 Å². The van der Waals surface area contributed by atoms with E-state index in [1.165, 1.54) is 0 Å². The Kier molecular flexibility index (Phi) is 3.46. The van der Waals surface area contributed by atoms with E-state index in [0.29, 0.717) is 10.8 Å². The molecule has 3 aromatic rings. The lowest BCUT2D eigenvalue weighted by atomic mass is 9.95. The molecule has 0 radical (unpaired) electrons. The van der Waals surface area contributed by atoms with Crippen molar-refractivity contribution in [3.8, 4) is 11.1 Å². The number of fused-ring (bicyclic) bond motifs is 1. The smallest absolute Gasteiger partial charge is 0.165 e. The van der Waals surface area contributed by atoms with E-state index in [1.54, 1.807) is 21.6 Å². The number of piperidine rings is 1. The summed E-state index contributed by atoms with van der Waals surface area (Å²) in [5.41, 5.74) is 9.66. The molecule has 0 amide bonds. The standard InChI is InChI=1S/C15H18ClN7/c1-22-8-10(6-19-22)11-7-20-23-14(17)12(16)13(21-15(11)23)9-3-2-4-18-5-9/h6-9,18H,2-5,17H2,1H3/t9-/m1/s1. The third-order valence-corrected chi connectivity index (χ3v) is 4.73. The highest BCUT2D eigenvalue weighted by Crippen LogP contribution is 2.34. The van der Waals surface area contributed by atoms with Gasteiger partial charge in [-0.05, 0) is 19.4 Å². The molecule has 8 heteroatoms. The second-order valence-electron chi connectivity index (χ2n) is 5.94. The summed E-state index contributed by atoms with van der Waals surface area (Å²) in [5.74, 6) is 0.715. The minimum Gasteiger partial charge on any atom is -0.382 e. The summed E-state index contributed by atoms with van der Waals surface area (Å²) in [6, 6.07) is 0. The number of nitrogens with two attached hydrogens (primary N) is 1. The van der Waals surface area contributed by atoms with Crippen LogP contribution < -0.4 is 11.1 Å². The molecule has 1 aliphatic rings. The van der Waals surface area contributed by atoms with E-state index in [1.807, 2.05) is 13.2 Å². The van der Waals surface area contributed by atoms with Crippen LogP contribution in [0.3, 0.4) is 0 Å². The number of nitrogen functional groups attached to an aromatic ring is 1. The summed E-state index contributed by atoms with van der Waals surface area (Å²) in [6.45, 7) is 1.91. The molecule has 1 aliphatic heterocycles. The molecule has 4 rings (SSSR count). The Balaban J connectivity index is 1.89. The predicted octanol–water partition coefficient (Wildman–Crippen LogP) is 1.83. The van der Waals surface area contributed by atoms with Gasteiger partial charge in [-0.1, -0.05) is 11.6 Å². The lowest BCUT2D eigenvalue weighted by molar-refractivity contribution is 0.455. The molecule has 0 bridgehead atoms. The van der Waals surface area contributed by atoms with Crippen LogP contribution in [-0.2, 0) is 7.05 Å². The van der Waals surface area contributed by atoms with E-state index >= 15 is 0 Å². The Labute approximate surface area is 138 Å². The van der Waals surface area contributed by atoms with Crippen molar-refractivity contribution in [3.05, 3.63) is 29.3 Å². The fraction of sp³-hybridized carbons (Fsp3) is 0.400. The van der Waals surface area contributed by atoms with E-state index in [-0.39, 0.29) is 5.92 Å². The lowest BCUT2D eigenvalue weighted by Crippen LogP contribution is -2.29. The molecule has 1 fully saturated rings. The molecule has 1 saturated heterocycles. The zero-order chi connectivity index (χ0) is 16.0. The Bertz CT molecular complexity index is 860. The fourth-order valence-corrected chi connectivity index (χ4v) is 3.41. The summed E-state index contributed by atoms with van der Waals surface area (Å²) >= 11 is 6.47. The number of nitrogens with zero attached hydrogens (tertiary/aromatic N) is 5. The van der Waals surface area contributed by atoms with Gasteiger partial charge >= 0.3 is 0 Å². The number of hydrogen-bond acceptors (Lipinski definition) is 5. The third kappa shape index (κ3) is 2.36. The molecular formula is C15H18ClN7. The number of nitrogens with one attached hydrogen (secondary N) is 1. The van der Waals surface area contributed by atoms with Crippen LogP contribution in [0.15, 0.2) is 18.6 Å². The van der Waals surface area contributed by atoms with E-state index in [0.717, 1.165) is 48.4 Å². The molecule has 1 atom stereocenters. The maximum atomic E-state index is 6.47. The van der Waals surface area contributed by atoms with E-state index in [2.05, 4.69) is 15.5 Å². The summed E-state index contributed by atoms with van der Waals surface area (Å²) in [4.78, 5) is 4.82. The molecule has 0 unspecified atom stereocenters. The number of aromatic nitrogens is 5. The molecule has 0 aromatic carbocycles. The van der Waals surface area contributed by atoms with Crippen molar-refractivity contribution >= 4 is 23.1 Å². The average Bonchev–Trinajstić information content (AvgIpc) is 3.17. The van der Waals surface area contributed by atoms with Crippen LogP contribution in [-0.4, -0.2) is 37.5 Å². The van der Waals surface area contributed by atoms with Gasteiger partial charge < -0.3 is 11.1 Å². The number of anilines is 1. The van der Waals surface area contributed by atoms with Crippen LogP contribution in [0.25, 0.3) is 16.8 Å². The monoisotopic (exact) mass is 331 g/mol. The normalized spacial score (nSPS) is 18.6. The lowest BCUT2D eigenvalue weighted by Gasteiger charge is -2.23. The van der Waals surface area contributed by atoms with Gasteiger partial charge in [0, 0.05) is 36.8 Å². The van der Waals surface area contributed by atoms with Crippen LogP contribution in [0.5, 0.6) is 0 Å². The maximum absolute atomic E-state index is 6.47. The van der Waals surface area contributed by atoms with E-state index < -0.39 is 0 Å². The molecule has 0 spiro atoms. The van der Waals surface area contributed by atoms with Crippen LogP contribution in [0, 0.1) is 0 Å². The second kappa shape index (κ2) is 5.50. The minimum absolute atomic E-state index is 0.278. The van der Waals surface area contributed by atoms with E-state index in [9.17, 15) is 0 Å². The zero-order valence-electron chi connectivity index (χ0n) is 12.8. The largest absolute Gasteiger partial charge is 0.382 e. The molecule has 3 N–H and O–H groups in total. The SMILES string of the molecule is Cn1cc(-c2cnn3c(N)c(Cl)c([C@@H]4CCCNC4)nc23)cn1. The van der Waals surface area contributed by atoms with Crippen molar-refractivity contribution in [2.45, 2.75) is 18.8 Å². The molecule has 4 heterocycles. The Morgan fingerprint density at radius 2 is 2.22 bits per heavy atom. The molecule has 0 aliphatic carbocycles. The summed E-state index contributed by atoms with van der Waals surface area (Å²) < 4.78 is 3.36. The van der Waals surface area contributed by atoms with Gasteiger partial charge in [0.05, 0.1) is 18.1 Å². The number of halogens is 1. The van der Waals surface area contributed by atoms with Crippen molar-refractivity contribution in [1.82, 2.24) is 29.7 Å². The zero-order valence-corrected chi connectivity index (χ0v) is 13.6. The summed E-state index contributed by atoms with van der Waals surface area (Å²) in [5, 5.41) is 12.5. The first kappa shape index (κ1) is 14.5.